The first-order chi connectivity index (χ1) is 7.35. The molecule has 15 heavy (non-hydrogen) atoms. The Labute approximate surface area is 91.5 Å². The number of hydrogen-bond acceptors (Lipinski definition) is 4. The molecular formula is C10H11N3OS. The third kappa shape index (κ3) is 1.97. The Bertz CT molecular complexity index is 447. The average molecular weight is 221 g/mol. The Morgan fingerprint density at radius 3 is 3.07 bits per heavy atom. The van der Waals surface area contributed by atoms with E-state index in [1.165, 1.54) is 4.88 Å². The number of aldehydes is 1. The van der Waals surface area contributed by atoms with Gasteiger partial charge in [0.25, 0.3) is 0 Å². The van der Waals surface area contributed by atoms with Crippen LogP contribution in [0.15, 0.2) is 17.5 Å². The summed E-state index contributed by atoms with van der Waals surface area (Å²) in [7, 11) is 0. The van der Waals surface area contributed by atoms with Gasteiger partial charge in [0.1, 0.15) is 5.69 Å². The summed E-state index contributed by atoms with van der Waals surface area (Å²) >= 11 is 1.67. The van der Waals surface area contributed by atoms with Crippen LogP contribution in [0.2, 0.25) is 0 Å². The van der Waals surface area contributed by atoms with Crippen molar-refractivity contribution in [3.05, 3.63) is 33.8 Å². The summed E-state index contributed by atoms with van der Waals surface area (Å²) in [4.78, 5) is 12.0. The van der Waals surface area contributed by atoms with E-state index in [2.05, 4.69) is 10.3 Å². The molecule has 2 aromatic heterocycles. The predicted octanol–water partition coefficient (Wildman–Crippen LogP) is 1.76. The molecule has 0 aliphatic carbocycles. The number of aromatic nitrogens is 3. The minimum Gasteiger partial charge on any atom is -0.296 e. The SMILES string of the molecule is CCn1nnc(C=O)c1Cc1cccs1. The lowest BCUT2D eigenvalue weighted by Gasteiger charge is -2.01. The van der Waals surface area contributed by atoms with Crippen molar-refractivity contribution in [3.8, 4) is 0 Å². The van der Waals surface area contributed by atoms with Crippen molar-refractivity contribution < 1.29 is 4.79 Å². The van der Waals surface area contributed by atoms with Crippen molar-refractivity contribution >= 4 is 17.6 Å². The first-order valence-electron chi connectivity index (χ1n) is 4.75. The molecule has 0 saturated heterocycles. The molecule has 0 aliphatic heterocycles. The van der Waals surface area contributed by atoms with Crippen LogP contribution in [0.3, 0.4) is 0 Å². The second kappa shape index (κ2) is 4.35. The Hall–Kier alpha value is -1.49. The number of aryl methyl sites for hydroxylation is 1. The Balaban J connectivity index is 2.33. The van der Waals surface area contributed by atoms with Gasteiger partial charge in [-0.1, -0.05) is 11.3 Å². The fourth-order valence-electron chi connectivity index (χ4n) is 1.45. The molecule has 0 aromatic carbocycles. The van der Waals surface area contributed by atoms with Crippen molar-refractivity contribution in [2.75, 3.05) is 0 Å². The molecule has 0 saturated carbocycles. The maximum absolute atomic E-state index is 10.8. The summed E-state index contributed by atoms with van der Waals surface area (Å²) in [6.45, 7) is 2.72. The maximum atomic E-state index is 10.8. The number of carbonyl (C=O) groups is 1. The van der Waals surface area contributed by atoms with Gasteiger partial charge in [-0.3, -0.25) is 4.79 Å². The molecule has 0 spiro atoms. The highest BCUT2D eigenvalue weighted by molar-refractivity contribution is 7.09. The topological polar surface area (TPSA) is 47.8 Å². The Morgan fingerprint density at radius 2 is 2.47 bits per heavy atom. The fraction of sp³-hybridized carbons (Fsp3) is 0.300. The van der Waals surface area contributed by atoms with E-state index >= 15 is 0 Å². The van der Waals surface area contributed by atoms with Gasteiger partial charge < -0.3 is 0 Å². The van der Waals surface area contributed by atoms with E-state index in [1.807, 2.05) is 24.4 Å². The van der Waals surface area contributed by atoms with Gasteiger partial charge >= 0.3 is 0 Å². The number of rotatable bonds is 4. The summed E-state index contributed by atoms with van der Waals surface area (Å²) in [5.74, 6) is 0. The van der Waals surface area contributed by atoms with E-state index in [0.717, 1.165) is 24.9 Å². The van der Waals surface area contributed by atoms with Gasteiger partial charge in [-0.05, 0) is 18.4 Å². The van der Waals surface area contributed by atoms with Gasteiger partial charge in [-0.2, -0.15) is 0 Å². The highest BCUT2D eigenvalue weighted by atomic mass is 32.1. The molecule has 0 aliphatic rings. The lowest BCUT2D eigenvalue weighted by atomic mass is 10.2. The van der Waals surface area contributed by atoms with Crippen molar-refractivity contribution in [2.45, 2.75) is 19.9 Å². The summed E-state index contributed by atoms with van der Waals surface area (Å²) in [5, 5.41) is 9.79. The zero-order valence-electron chi connectivity index (χ0n) is 8.38. The predicted molar refractivity (Wildman–Crippen MR) is 58.2 cm³/mol. The van der Waals surface area contributed by atoms with Gasteiger partial charge in [0.05, 0.1) is 5.69 Å². The van der Waals surface area contributed by atoms with E-state index in [0.29, 0.717) is 5.69 Å². The largest absolute Gasteiger partial charge is 0.296 e. The van der Waals surface area contributed by atoms with E-state index in [-0.39, 0.29) is 0 Å². The molecule has 0 radical (unpaired) electrons. The van der Waals surface area contributed by atoms with E-state index in [4.69, 9.17) is 0 Å². The van der Waals surface area contributed by atoms with Crippen LogP contribution in [-0.4, -0.2) is 21.3 Å². The summed E-state index contributed by atoms with van der Waals surface area (Å²) in [6, 6.07) is 4.05. The molecule has 0 atom stereocenters. The maximum Gasteiger partial charge on any atom is 0.172 e. The molecule has 2 heterocycles. The standard InChI is InChI=1S/C10H11N3OS/c1-2-13-10(9(7-14)11-12-13)6-8-4-3-5-15-8/h3-5,7H,2,6H2,1H3. The van der Waals surface area contributed by atoms with Gasteiger partial charge in [-0.15, -0.1) is 16.4 Å². The van der Waals surface area contributed by atoms with Crippen LogP contribution in [-0.2, 0) is 13.0 Å². The van der Waals surface area contributed by atoms with Gasteiger partial charge in [0.2, 0.25) is 0 Å². The first-order valence-corrected chi connectivity index (χ1v) is 5.63. The van der Waals surface area contributed by atoms with Crippen LogP contribution < -0.4 is 0 Å². The van der Waals surface area contributed by atoms with Gasteiger partial charge in [-0.25, -0.2) is 4.68 Å². The number of carbonyl (C=O) groups excluding carboxylic acids is 1. The van der Waals surface area contributed by atoms with Crippen molar-refractivity contribution in [2.24, 2.45) is 0 Å². The van der Waals surface area contributed by atoms with Crippen LogP contribution >= 0.6 is 11.3 Å². The Kier molecular flexibility index (Phi) is 2.91. The molecule has 78 valence electrons. The monoisotopic (exact) mass is 221 g/mol. The zero-order valence-corrected chi connectivity index (χ0v) is 9.20. The summed E-state index contributed by atoms with van der Waals surface area (Å²) in [6.07, 6.45) is 1.49. The molecular weight excluding hydrogens is 210 g/mol. The first kappa shape index (κ1) is 10.0. The highest BCUT2D eigenvalue weighted by Crippen LogP contribution is 2.15. The number of nitrogens with zero attached hydrogens (tertiary/aromatic N) is 3. The van der Waals surface area contributed by atoms with Crippen LogP contribution in [0, 0.1) is 0 Å². The second-order valence-corrected chi connectivity index (χ2v) is 4.14. The minimum atomic E-state index is 0.449. The van der Waals surface area contributed by atoms with E-state index in [1.54, 1.807) is 16.0 Å². The molecule has 5 heteroatoms. The van der Waals surface area contributed by atoms with Crippen molar-refractivity contribution in [1.29, 1.82) is 0 Å². The third-order valence-electron chi connectivity index (χ3n) is 2.20. The molecule has 2 rings (SSSR count). The normalized spacial score (nSPS) is 10.5. The molecule has 0 bridgehead atoms. The van der Waals surface area contributed by atoms with Crippen LogP contribution in [0.1, 0.15) is 28.0 Å². The van der Waals surface area contributed by atoms with Crippen molar-refractivity contribution in [3.63, 3.8) is 0 Å². The van der Waals surface area contributed by atoms with Crippen molar-refractivity contribution in [1.82, 2.24) is 15.0 Å². The summed E-state index contributed by atoms with van der Waals surface area (Å²) in [5.41, 5.74) is 1.35. The minimum absolute atomic E-state index is 0.449. The van der Waals surface area contributed by atoms with E-state index in [9.17, 15) is 4.79 Å². The third-order valence-corrected chi connectivity index (χ3v) is 3.08. The van der Waals surface area contributed by atoms with E-state index < -0.39 is 0 Å². The van der Waals surface area contributed by atoms with Crippen LogP contribution in [0.5, 0.6) is 0 Å². The molecule has 0 unspecified atom stereocenters. The number of hydrogen-bond donors (Lipinski definition) is 0. The number of thiophene rings is 1. The highest BCUT2D eigenvalue weighted by Gasteiger charge is 2.11. The molecule has 4 nitrogen and oxygen atoms in total. The fourth-order valence-corrected chi connectivity index (χ4v) is 2.16. The Morgan fingerprint density at radius 1 is 1.60 bits per heavy atom. The molecule has 0 fully saturated rings. The average Bonchev–Trinajstić information content (AvgIpc) is 2.87. The lowest BCUT2D eigenvalue weighted by molar-refractivity contribution is 0.111. The van der Waals surface area contributed by atoms with Crippen LogP contribution in [0.25, 0.3) is 0 Å². The molecule has 0 N–H and O–H groups in total. The smallest absolute Gasteiger partial charge is 0.172 e. The van der Waals surface area contributed by atoms with Crippen LogP contribution in [0.4, 0.5) is 0 Å². The summed E-state index contributed by atoms with van der Waals surface area (Å²) < 4.78 is 1.77. The molecule has 0 amide bonds. The molecule has 2 aromatic rings. The van der Waals surface area contributed by atoms with Gasteiger partial charge in [0, 0.05) is 17.8 Å². The van der Waals surface area contributed by atoms with Gasteiger partial charge in [0.15, 0.2) is 6.29 Å². The quantitative estimate of drug-likeness (QED) is 0.739. The second-order valence-electron chi connectivity index (χ2n) is 3.11. The lowest BCUT2D eigenvalue weighted by Crippen LogP contribution is -2.04. The zero-order chi connectivity index (χ0) is 10.7.